The van der Waals surface area contributed by atoms with E-state index in [0.717, 1.165) is 31.8 Å². The van der Waals surface area contributed by atoms with Crippen LogP contribution in [0.15, 0.2) is 0 Å². The summed E-state index contributed by atoms with van der Waals surface area (Å²) < 4.78 is 0. The molecule has 2 rings (SSSR count). The van der Waals surface area contributed by atoms with Gasteiger partial charge in [-0.1, -0.05) is 105 Å². The Bertz CT molecular complexity index is 536. The zero-order valence-corrected chi connectivity index (χ0v) is 23.9. The molecule has 1 spiro atoms. The summed E-state index contributed by atoms with van der Waals surface area (Å²) in [5.41, 5.74) is 0.377. The first-order chi connectivity index (χ1) is 16.4. The lowest BCUT2D eigenvalue weighted by atomic mass is 9.70. The Hall–Kier alpha value is -0.570. The molecule has 1 unspecified atom stereocenters. The van der Waals surface area contributed by atoms with Crippen LogP contribution >= 0.6 is 0 Å². The highest BCUT2D eigenvalue weighted by atomic mass is 16.2. The van der Waals surface area contributed by atoms with Crippen LogP contribution in [0.3, 0.4) is 0 Å². The van der Waals surface area contributed by atoms with Gasteiger partial charge in [-0.25, -0.2) is 0 Å². The van der Waals surface area contributed by atoms with Gasteiger partial charge in [-0.15, -0.1) is 0 Å². The molecule has 0 bridgehead atoms. The van der Waals surface area contributed by atoms with Crippen LogP contribution in [0.2, 0.25) is 0 Å². The lowest BCUT2D eigenvalue weighted by molar-refractivity contribution is -0.147. The van der Waals surface area contributed by atoms with Gasteiger partial charge in [0.25, 0.3) is 0 Å². The van der Waals surface area contributed by atoms with Crippen LogP contribution in [0.25, 0.3) is 0 Å². The van der Waals surface area contributed by atoms with Crippen LogP contribution in [0.4, 0.5) is 0 Å². The fourth-order valence-electron chi connectivity index (χ4n) is 6.62. The number of hydrogen-bond donors (Lipinski definition) is 0. The van der Waals surface area contributed by atoms with Gasteiger partial charge in [0, 0.05) is 38.1 Å². The van der Waals surface area contributed by atoms with Gasteiger partial charge in [-0.3, -0.25) is 4.79 Å². The van der Waals surface area contributed by atoms with Crippen LogP contribution in [0, 0.1) is 16.7 Å². The van der Waals surface area contributed by atoms with Gasteiger partial charge in [0.05, 0.1) is 0 Å². The largest absolute Gasteiger partial charge is 0.342 e. The lowest BCUT2D eigenvalue weighted by Gasteiger charge is -2.55. The van der Waals surface area contributed by atoms with E-state index < -0.39 is 0 Å². The van der Waals surface area contributed by atoms with Crippen LogP contribution in [-0.2, 0) is 4.79 Å². The van der Waals surface area contributed by atoms with Crippen molar-refractivity contribution < 1.29 is 4.79 Å². The van der Waals surface area contributed by atoms with Crippen molar-refractivity contribution in [2.45, 2.75) is 144 Å². The van der Waals surface area contributed by atoms with E-state index in [2.05, 4.69) is 44.4 Å². The van der Waals surface area contributed by atoms with Crippen molar-refractivity contribution in [3.8, 4) is 0 Å². The minimum Gasteiger partial charge on any atom is -0.342 e. The molecular formula is C31H60N2O. The van der Waals surface area contributed by atoms with E-state index in [0.29, 0.717) is 11.3 Å². The summed E-state index contributed by atoms with van der Waals surface area (Å²) in [6.07, 6.45) is 21.9. The quantitative estimate of drug-likeness (QED) is 0.185. The second kappa shape index (κ2) is 15.5. The van der Waals surface area contributed by atoms with E-state index in [9.17, 15) is 4.79 Å². The zero-order valence-electron chi connectivity index (χ0n) is 23.9. The molecule has 2 aliphatic heterocycles. The molecule has 0 aromatic rings. The van der Waals surface area contributed by atoms with Gasteiger partial charge < -0.3 is 9.80 Å². The monoisotopic (exact) mass is 476 g/mol. The Kier molecular flexibility index (Phi) is 13.5. The summed E-state index contributed by atoms with van der Waals surface area (Å²) in [6.45, 7) is 17.3. The molecule has 0 aromatic carbocycles. The van der Waals surface area contributed by atoms with Crippen LogP contribution < -0.4 is 0 Å². The molecule has 0 radical (unpaired) electrons. The lowest BCUT2D eigenvalue weighted by Crippen LogP contribution is -2.62. The molecule has 34 heavy (non-hydrogen) atoms. The van der Waals surface area contributed by atoms with Crippen molar-refractivity contribution in [1.29, 1.82) is 0 Å². The molecule has 1 amide bonds. The second-order valence-electron chi connectivity index (χ2n) is 12.4. The molecule has 200 valence electrons. The smallest absolute Gasteiger partial charge is 0.228 e. The molecule has 2 aliphatic rings. The number of unbranched alkanes of at least 4 members (excludes halogenated alkanes) is 7. The van der Waals surface area contributed by atoms with E-state index in [1.807, 2.05) is 0 Å². The minimum atomic E-state index is -0.133. The van der Waals surface area contributed by atoms with Gasteiger partial charge in [0.2, 0.25) is 5.91 Å². The van der Waals surface area contributed by atoms with Gasteiger partial charge in [-0.2, -0.15) is 0 Å². The Morgan fingerprint density at radius 1 is 0.765 bits per heavy atom. The van der Waals surface area contributed by atoms with E-state index in [4.69, 9.17) is 0 Å². The highest BCUT2D eigenvalue weighted by Crippen LogP contribution is 2.43. The number of carbonyl (C=O) groups is 1. The Balaban J connectivity index is 1.80. The van der Waals surface area contributed by atoms with Crippen molar-refractivity contribution in [3.05, 3.63) is 0 Å². The molecule has 3 nitrogen and oxygen atoms in total. The number of amides is 1. The third-order valence-corrected chi connectivity index (χ3v) is 9.11. The summed E-state index contributed by atoms with van der Waals surface area (Å²) in [5, 5.41) is 0. The van der Waals surface area contributed by atoms with Gasteiger partial charge in [0.15, 0.2) is 0 Å². The molecular weight excluding hydrogens is 416 g/mol. The van der Waals surface area contributed by atoms with Crippen LogP contribution in [0.1, 0.15) is 144 Å². The van der Waals surface area contributed by atoms with Gasteiger partial charge >= 0.3 is 0 Å². The number of carbonyl (C=O) groups excluding carboxylic acids is 1. The maximum atomic E-state index is 13.5. The van der Waals surface area contributed by atoms with E-state index in [1.165, 1.54) is 116 Å². The van der Waals surface area contributed by atoms with E-state index in [-0.39, 0.29) is 5.41 Å². The molecule has 2 heterocycles. The molecule has 0 aliphatic carbocycles. The minimum absolute atomic E-state index is 0.133. The number of rotatable bonds is 18. The topological polar surface area (TPSA) is 23.6 Å². The number of nitrogens with zero attached hydrogens (tertiary/aromatic N) is 2. The standard InChI is InChI=1S/C31H60N2O/c1-6-10-14-16-18-28(17-15-11-7-2)25-32-26-31(27-32)21-23-33(24-22-31)29(34)30(5,19-12-8-3)20-13-9-4/h28H,6-27H2,1-5H3. The van der Waals surface area contributed by atoms with Gasteiger partial charge in [-0.05, 0) is 49.9 Å². The SMILES string of the molecule is CCCCCCC(CCCCC)CN1CC2(CCN(C(=O)C(C)(CCCC)CCCC)CC2)C1. The Morgan fingerprint density at radius 2 is 1.26 bits per heavy atom. The molecule has 3 heteroatoms. The molecule has 2 fully saturated rings. The predicted octanol–water partition coefficient (Wildman–Crippen LogP) is 8.46. The summed E-state index contributed by atoms with van der Waals surface area (Å²) >= 11 is 0. The summed E-state index contributed by atoms with van der Waals surface area (Å²) in [7, 11) is 0. The summed E-state index contributed by atoms with van der Waals surface area (Å²) in [5.74, 6) is 1.36. The third-order valence-electron chi connectivity index (χ3n) is 9.11. The Morgan fingerprint density at radius 3 is 1.79 bits per heavy atom. The highest BCUT2D eigenvalue weighted by Gasteiger charge is 2.47. The number of likely N-dealkylation sites (tertiary alicyclic amines) is 2. The van der Waals surface area contributed by atoms with E-state index in [1.54, 1.807) is 0 Å². The Labute approximate surface area is 213 Å². The van der Waals surface area contributed by atoms with Crippen molar-refractivity contribution in [2.75, 3.05) is 32.7 Å². The number of piperidine rings is 1. The molecule has 0 N–H and O–H groups in total. The zero-order chi connectivity index (χ0) is 24.9. The maximum absolute atomic E-state index is 13.5. The second-order valence-corrected chi connectivity index (χ2v) is 12.4. The van der Waals surface area contributed by atoms with Crippen molar-refractivity contribution >= 4 is 5.91 Å². The van der Waals surface area contributed by atoms with Crippen LogP contribution in [-0.4, -0.2) is 48.4 Å². The fraction of sp³-hybridized carbons (Fsp3) is 0.968. The van der Waals surface area contributed by atoms with Gasteiger partial charge in [0.1, 0.15) is 0 Å². The normalized spacial score (nSPS) is 19.4. The summed E-state index contributed by atoms with van der Waals surface area (Å²) in [4.78, 5) is 18.6. The highest BCUT2D eigenvalue weighted by molar-refractivity contribution is 5.82. The molecule has 1 atom stereocenters. The predicted molar refractivity (Wildman–Crippen MR) is 148 cm³/mol. The van der Waals surface area contributed by atoms with Crippen molar-refractivity contribution in [2.24, 2.45) is 16.7 Å². The average molecular weight is 477 g/mol. The first-order valence-corrected chi connectivity index (χ1v) is 15.4. The molecule has 0 saturated carbocycles. The number of hydrogen-bond acceptors (Lipinski definition) is 2. The fourth-order valence-corrected chi connectivity index (χ4v) is 6.62. The van der Waals surface area contributed by atoms with Crippen LogP contribution in [0.5, 0.6) is 0 Å². The first-order valence-electron chi connectivity index (χ1n) is 15.4. The maximum Gasteiger partial charge on any atom is 0.228 e. The average Bonchev–Trinajstić information content (AvgIpc) is 2.83. The molecule has 2 saturated heterocycles. The summed E-state index contributed by atoms with van der Waals surface area (Å²) in [6, 6.07) is 0. The molecule has 0 aromatic heterocycles. The first kappa shape index (κ1) is 29.7. The van der Waals surface area contributed by atoms with Crippen molar-refractivity contribution in [3.63, 3.8) is 0 Å². The third kappa shape index (κ3) is 9.14. The van der Waals surface area contributed by atoms with E-state index >= 15 is 0 Å². The van der Waals surface area contributed by atoms with Crippen molar-refractivity contribution in [1.82, 2.24) is 9.80 Å².